The van der Waals surface area contributed by atoms with Gasteiger partial charge in [-0.3, -0.25) is 14.4 Å². The first-order valence-corrected chi connectivity index (χ1v) is 16.1. The summed E-state index contributed by atoms with van der Waals surface area (Å²) in [6.07, 6.45) is 14.0. The Labute approximate surface area is 244 Å². The Bertz CT molecular complexity index is 1200. The molecule has 2 N–H and O–H groups in total. The molecule has 2 saturated carbocycles. The predicted octanol–water partition coefficient (Wildman–Crippen LogP) is 5.45. The van der Waals surface area contributed by atoms with Crippen molar-refractivity contribution in [2.75, 3.05) is 5.32 Å². The van der Waals surface area contributed by atoms with E-state index in [1.165, 1.54) is 12.8 Å². The molecule has 7 nitrogen and oxygen atoms in total. The Hall–Kier alpha value is -2.67. The summed E-state index contributed by atoms with van der Waals surface area (Å²) in [5.74, 6) is -0.867. The van der Waals surface area contributed by atoms with E-state index in [1.807, 2.05) is 43.0 Å². The standard InChI is InChI=1S/C34H47N3O4/c1-20-17-21(2)19-24(18-20)35-31(38)28-27-15-16-34(41-27)29(28)33(40)37(25-12-8-6-5-7-9-13-25)30(34)32(39)36-26-14-10-11-22(3)23(26)4/h15-19,22-23,25-30H,5-14H2,1-4H3,(H,35,38)(H,36,39). The van der Waals surface area contributed by atoms with Crippen molar-refractivity contribution in [1.82, 2.24) is 10.2 Å². The molecule has 2 saturated heterocycles. The maximum absolute atomic E-state index is 14.5. The molecule has 2 aliphatic carbocycles. The highest BCUT2D eigenvalue weighted by atomic mass is 16.5. The summed E-state index contributed by atoms with van der Waals surface area (Å²) in [4.78, 5) is 44.6. The fourth-order valence-electron chi connectivity index (χ4n) is 8.63. The maximum atomic E-state index is 14.5. The molecule has 6 rings (SSSR count). The van der Waals surface area contributed by atoms with Crippen molar-refractivity contribution in [3.63, 3.8) is 0 Å². The van der Waals surface area contributed by atoms with Crippen LogP contribution in [0.4, 0.5) is 5.69 Å². The Balaban J connectivity index is 1.33. The van der Waals surface area contributed by atoms with Crippen LogP contribution < -0.4 is 10.6 Å². The summed E-state index contributed by atoms with van der Waals surface area (Å²) in [7, 11) is 0. The van der Waals surface area contributed by atoms with Crippen LogP contribution in [0.25, 0.3) is 0 Å². The molecular weight excluding hydrogens is 514 g/mol. The van der Waals surface area contributed by atoms with Crippen molar-refractivity contribution < 1.29 is 19.1 Å². The van der Waals surface area contributed by atoms with Crippen LogP contribution in [-0.2, 0) is 19.1 Å². The van der Waals surface area contributed by atoms with E-state index in [0.717, 1.165) is 68.2 Å². The van der Waals surface area contributed by atoms with Crippen molar-refractivity contribution >= 4 is 23.4 Å². The molecule has 8 atom stereocenters. The number of aryl methyl sites for hydroxylation is 2. The third-order valence-electron chi connectivity index (χ3n) is 10.9. The number of rotatable bonds is 5. The second kappa shape index (κ2) is 11.2. The lowest BCUT2D eigenvalue weighted by atomic mass is 9.73. The molecule has 7 heteroatoms. The lowest BCUT2D eigenvalue weighted by Crippen LogP contribution is -2.59. The topological polar surface area (TPSA) is 87.7 Å². The number of fused-ring (bicyclic) bond motifs is 1. The Kier molecular flexibility index (Phi) is 7.77. The minimum absolute atomic E-state index is 0.0135. The average molecular weight is 562 g/mol. The van der Waals surface area contributed by atoms with Crippen LogP contribution >= 0.6 is 0 Å². The van der Waals surface area contributed by atoms with Gasteiger partial charge in [0.15, 0.2) is 0 Å². The molecule has 1 spiro atoms. The normalized spacial score (nSPS) is 37.0. The van der Waals surface area contributed by atoms with Crippen LogP contribution in [0.5, 0.6) is 0 Å². The van der Waals surface area contributed by atoms with Gasteiger partial charge in [0.05, 0.1) is 17.9 Å². The molecule has 8 unspecified atom stereocenters. The first-order valence-electron chi connectivity index (χ1n) is 16.1. The van der Waals surface area contributed by atoms with Gasteiger partial charge < -0.3 is 20.3 Å². The zero-order valence-corrected chi connectivity index (χ0v) is 25.2. The van der Waals surface area contributed by atoms with Crippen LogP contribution in [-0.4, -0.2) is 52.5 Å². The van der Waals surface area contributed by atoms with Crippen LogP contribution in [0.1, 0.15) is 89.2 Å². The van der Waals surface area contributed by atoms with E-state index in [-0.39, 0.29) is 29.8 Å². The minimum atomic E-state index is -1.11. The second-order valence-corrected chi connectivity index (χ2v) is 13.7. The fourth-order valence-corrected chi connectivity index (χ4v) is 8.63. The number of nitrogens with one attached hydrogen (secondary N) is 2. The van der Waals surface area contributed by atoms with E-state index in [9.17, 15) is 14.4 Å². The number of amides is 3. The first kappa shape index (κ1) is 28.4. The Morgan fingerprint density at radius 2 is 1.59 bits per heavy atom. The van der Waals surface area contributed by atoms with E-state index in [0.29, 0.717) is 11.8 Å². The van der Waals surface area contributed by atoms with Crippen molar-refractivity contribution in [3.05, 3.63) is 41.5 Å². The first-order chi connectivity index (χ1) is 19.7. The van der Waals surface area contributed by atoms with Gasteiger partial charge >= 0.3 is 0 Å². The summed E-state index contributed by atoms with van der Waals surface area (Å²) in [5.41, 5.74) is 1.75. The number of benzene rings is 1. The van der Waals surface area contributed by atoms with Crippen LogP contribution in [0, 0.1) is 37.5 Å². The van der Waals surface area contributed by atoms with Gasteiger partial charge in [-0.15, -0.1) is 0 Å². The molecule has 2 bridgehead atoms. The summed E-state index contributed by atoms with van der Waals surface area (Å²) in [6.45, 7) is 8.51. The number of carbonyl (C=O) groups is 3. The van der Waals surface area contributed by atoms with Gasteiger partial charge in [0.25, 0.3) is 0 Å². The molecule has 222 valence electrons. The number of carbonyl (C=O) groups excluding carboxylic acids is 3. The lowest BCUT2D eigenvalue weighted by Gasteiger charge is -2.40. The maximum Gasteiger partial charge on any atom is 0.246 e. The number of ether oxygens (including phenoxy) is 1. The number of anilines is 1. The van der Waals surface area contributed by atoms with E-state index in [4.69, 9.17) is 4.74 Å². The van der Waals surface area contributed by atoms with Crippen LogP contribution in [0.3, 0.4) is 0 Å². The third kappa shape index (κ3) is 5.02. The SMILES string of the molecule is Cc1cc(C)cc(NC(=O)C2C3C=CC4(O3)C2C(=O)N(C2CCCCCCC2)C4C(=O)NC2CCCC(C)C2C)c1. The number of hydrogen-bond acceptors (Lipinski definition) is 4. The summed E-state index contributed by atoms with van der Waals surface area (Å²) >= 11 is 0. The van der Waals surface area contributed by atoms with E-state index < -0.39 is 29.6 Å². The van der Waals surface area contributed by atoms with Gasteiger partial charge in [-0.2, -0.15) is 0 Å². The van der Waals surface area contributed by atoms with Gasteiger partial charge in [-0.25, -0.2) is 0 Å². The highest BCUT2D eigenvalue weighted by molar-refractivity contribution is 6.03. The Morgan fingerprint density at radius 1 is 0.902 bits per heavy atom. The lowest BCUT2D eigenvalue weighted by molar-refractivity contribution is -0.144. The molecule has 1 aromatic rings. The molecule has 41 heavy (non-hydrogen) atoms. The van der Waals surface area contributed by atoms with Gasteiger partial charge in [0.1, 0.15) is 11.6 Å². The van der Waals surface area contributed by atoms with Crippen LogP contribution in [0.15, 0.2) is 30.4 Å². The molecule has 0 radical (unpaired) electrons. The summed E-state index contributed by atoms with van der Waals surface area (Å²) in [6, 6.07) is 5.28. The number of hydrogen-bond donors (Lipinski definition) is 2. The number of nitrogens with zero attached hydrogens (tertiary/aromatic N) is 1. The summed E-state index contributed by atoms with van der Waals surface area (Å²) < 4.78 is 6.63. The van der Waals surface area contributed by atoms with Crippen molar-refractivity contribution in [1.29, 1.82) is 0 Å². The van der Waals surface area contributed by atoms with Gasteiger partial charge in [0.2, 0.25) is 17.7 Å². The molecule has 3 amide bonds. The monoisotopic (exact) mass is 561 g/mol. The van der Waals surface area contributed by atoms with Gasteiger partial charge in [-0.05, 0) is 68.2 Å². The van der Waals surface area contributed by atoms with Gasteiger partial charge in [-0.1, -0.05) is 77.0 Å². The second-order valence-electron chi connectivity index (χ2n) is 13.7. The zero-order valence-electron chi connectivity index (χ0n) is 25.2. The molecule has 1 aromatic carbocycles. The van der Waals surface area contributed by atoms with Gasteiger partial charge in [0, 0.05) is 17.8 Å². The molecular formula is C34H47N3O4. The van der Waals surface area contributed by atoms with Crippen molar-refractivity contribution in [2.45, 2.75) is 122 Å². The van der Waals surface area contributed by atoms with E-state index >= 15 is 0 Å². The Morgan fingerprint density at radius 3 is 2.29 bits per heavy atom. The molecule has 3 heterocycles. The van der Waals surface area contributed by atoms with E-state index in [2.05, 4.69) is 30.5 Å². The highest BCUT2D eigenvalue weighted by Gasteiger charge is 2.73. The van der Waals surface area contributed by atoms with Crippen molar-refractivity contribution in [3.8, 4) is 0 Å². The zero-order chi connectivity index (χ0) is 28.9. The fraction of sp³-hybridized carbons (Fsp3) is 0.676. The summed E-state index contributed by atoms with van der Waals surface area (Å²) in [5, 5.41) is 6.49. The number of likely N-dealkylation sites (tertiary alicyclic amines) is 1. The smallest absolute Gasteiger partial charge is 0.246 e. The average Bonchev–Trinajstić information content (AvgIpc) is 3.53. The predicted molar refractivity (Wildman–Crippen MR) is 159 cm³/mol. The minimum Gasteiger partial charge on any atom is -0.359 e. The third-order valence-corrected chi connectivity index (χ3v) is 10.9. The largest absolute Gasteiger partial charge is 0.359 e. The van der Waals surface area contributed by atoms with Crippen LogP contribution in [0.2, 0.25) is 0 Å². The highest BCUT2D eigenvalue weighted by Crippen LogP contribution is 2.56. The quantitative estimate of drug-likeness (QED) is 0.468. The van der Waals surface area contributed by atoms with E-state index in [1.54, 1.807) is 0 Å². The molecule has 0 aromatic heterocycles. The molecule has 5 aliphatic rings. The van der Waals surface area contributed by atoms with Crippen molar-refractivity contribution in [2.24, 2.45) is 23.7 Å². The molecule has 3 aliphatic heterocycles. The molecule has 4 fully saturated rings.